The molecule has 2 amide bonds. The number of hydrogen-bond acceptors (Lipinski definition) is 4. The molecule has 0 saturated heterocycles. The second-order valence-electron chi connectivity index (χ2n) is 8.68. The molecular formula is C24H28Cl2FN3O4S. The summed E-state index contributed by atoms with van der Waals surface area (Å²) in [5.41, 5.74) is 0.765. The van der Waals surface area contributed by atoms with Gasteiger partial charge in [0.15, 0.2) is 0 Å². The van der Waals surface area contributed by atoms with Crippen LogP contribution in [0.4, 0.5) is 10.1 Å². The Morgan fingerprint density at radius 2 is 1.74 bits per heavy atom. The van der Waals surface area contributed by atoms with Gasteiger partial charge in [-0.25, -0.2) is 12.8 Å². The molecule has 1 atom stereocenters. The molecule has 2 aromatic rings. The van der Waals surface area contributed by atoms with Crippen molar-refractivity contribution < 1.29 is 22.4 Å². The van der Waals surface area contributed by atoms with E-state index >= 15 is 0 Å². The van der Waals surface area contributed by atoms with E-state index in [0.29, 0.717) is 5.02 Å². The van der Waals surface area contributed by atoms with Crippen LogP contribution in [0.15, 0.2) is 42.5 Å². The lowest BCUT2D eigenvalue weighted by Crippen LogP contribution is -2.52. The number of benzene rings is 2. The van der Waals surface area contributed by atoms with Gasteiger partial charge in [-0.2, -0.15) is 0 Å². The predicted molar refractivity (Wildman–Crippen MR) is 135 cm³/mol. The summed E-state index contributed by atoms with van der Waals surface area (Å²) in [5.74, 6) is -1.62. The van der Waals surface area contributed by atoms with Gasteiger partial charge in [0, 0.05) is 17.6 Å². The van der Waals surface area contributed by atoms with Gasteiger partial charge < -0.3 is 10.2 Å². The number of carbonyl (C=O) groups excluding carboxylic acids is 2. The van der Waals surface area contributed by atoms with Crippen molar-refractivity contribution in [3.05, 3.63) is 63.9 Å². The molecule has 0 radical (unpaired) electrons. The quantitative estimate of drug-likeness (QED) is 0.508. The lowest BCUT2D eigenvalue weighted by molar-refractivity contribution is -0.139. The molecule has 0 aromatic heterocycles. The van der Waals surface area contributed by atoms with E-state index in [9.17, 15) is 22.4 Å². The van der Waals surface area contributed by atoms with Crippen LogP contribution in [-0.2, 0) is 26.2 Å². The Bertz CT molecular complexity index is 1170. The van der Waals surface area contributed by atoms with Crippen molar-refractivity contribution in [3.8, 4) is 0 Å². The van der Waals surface area contributed by atoms with Gasteiger partial charge in [-0.05, 0) is 55.7 Å². The highest BCUT2D eigenvalue weighted by atomic mass is 35.5. The van der Waals surface area contributed by atoms with E-state index in [0.717, 1.165) is 53.9 Å². The van der Waals surface area contributed by atoms with Crippen molar-refractivity contribution in [1.29, 1.82) is 0 Å². The number of carbonyl (C=O) groups is 2. The molecule has 11 heteroatoms. The highest BCUT2D eigenvalue weighted by Crippen LogP contribution is 2.25. The molecule has 1 saturated carbocycles. The highest BCUT2D eigenvalue weighted by Gasteiger charge is 2.31. The van der Waals surface area contributed by atoms with Crippen LogP contribution in [0.1, 0.15) is 38.2 Å². The minimum atomic E-state index is -3.93. The van der Waals surface area contributed by atoms with Crippen molar-refractivity contribution in [2.24, 2.45) is 0 Å². The topological polar surface area (TPSA) is 86.8 Å². The van der Waals surface area contributed by atoms with Crippen molar-refractivity contribution in [1.82, 2.24) is 10.2 Å². The SMILES string of the molecule is CC(C(=O)NC1CCCC1)N(Cc1ccc(Cl)cc1)C(=O)CN(c1ccc(F)c(Cl)c1)S(C)(=O)=O. The molecular weight excluding hydrogens is 516 g/mol. The molecule has 1 aliphatic rings. The summed E-state index contributed by atoms with van der Waals surface area (Å²) in [7, 11) is -3.93. The molecule has 2 aromatic carbocycles. The summed E-state index contributed by atoms with van der Waals surface area (Å²) in [4.78, 5) is 27.8. The smallest absolute Gasteiger partial charge is 0.244 e. The minimum Gasteiger partial charge on any atom is -0.352 e. The van der Waals surface area contributed by atoms with E-state index in [1.165, 1.54) is 11.0 Å². The summed E-state index contributed by atoms with van der Waals surface area (Å²) >= 11 is 11.8. The maximum Gasteiger partial charge on any atom is 0.244 e. The van der Waals surface area contributed by atoms with Gasteiger partial charge >= 0.3 is 0 Å². The third-order valence-corrected chi connectivity index (χ3v) is 7.69. The van der Waals surface area contributed by atoms with Crippen LogP contribution < -0.4 is 9.62 Å². The summed E-state index contributed by atoms with van der Waals surface area (Å²) < 4.78 is 39.6. The number of nitrogens with one attached hydrogen (secondary N) is 1. The standard InChI is InChI=1S/C24H28Cl2FN3O4S/c1-16(24(32)28-19-5-3-4-6-19)29(14-17-7-9-18(25)10-8-17)23(31)15-30(35(2,33)34)20-11-12-22(27)21(26)13-20/h7-13,16,19H,3-6,14-15H2,1-2H3,(H,28,32). The maximum absolute atomic E-state index is 13.7. The number of nitrogens with zero attached hydrogens (tertiary/aromatic N) is 2. The van der Waals surface area contributed by atoms with Crippen molar-refractivity contribution in [2.75, 3.05) is 17.1 Å². The Kier molecular flexibility index (Phi) is 9.01. The number of rotatable bonds is 9. The molecule has 0 bridgehead atoms. The first-order valence-electron chi connectivity index (χ1n) is 11.2. The Hall–Kier alpha value is -2.36. The number of sulfonamides is 1. The summed E-state index contributed by atoms with van der Waals surface area (Å²) in [6.07, 6.45) is 4.79. The van der Waals surface area contributed by atoms with Gasteiger partial charge in [0.1, 0.15) is 18.4 Å². The van der Waals surface area contributed by atoms with Crippen LogP contribution >= 0.6 is 23.2 Å². The fourth-order valence-corrected chi connectivity index (χ4v) is 5.16. The first kappa shape index (κ1) is 27.2. The van der Waals surface area contributed by atoms with Gasteiger partial charge in [0.05, 0.1) is 17.0 Å². The Labute approximate surface area is 215 Å². The van der Waals surface area contributed by atoms with Crippen LogP contribution in [0, 0.1) is 5.82 Å². The molecule has 1 unspecified atom stereocenters. The maximum atomic E-state index is 13.7. The third-order valence-electron chi connectivity index (χ3n) is 6.01. The summed E-state index contributed by atoms with van der Waals surface area (Å²) in [5, 5.41) is 3.24. The second kappa shape index (κ2) is 11.6. The van der Waals surface area contributed by atoms with E-state index in [1.54, 1.807) is 31.2 Å². The van der Waals surface area contributed by atoms with Crippen LogP contribution in [0.5, 0.6) is 0 Å². The Balaban J connectivity index is 1.88. The van der Waals surface area contributed by atoms with Gasteiger partial charge in [0.25, 0.3) is 0 Å². The molecule has 0 heterocycles. The van der Waals surface area contributed by atoms with Gasteiger partial charge in [-0.3, -0.25) is 13.9 Å². The van der Waals surface area contributed by atoms with E-state index < -0.39 is 34.3 Å². The lowest BCUT2D eigenvalue weighted by atomic mass is 10.1. The first-order valence-corrected chi connectivity index (χ1v) is 13.8. The predicted octanol–water partition coefficient (Wildman–Crippen LogP) is 4.37. The Morgan fingerprint density at radius 3 is 2.31 bits per heavy atom. The zero-order valence-electron chi connectivity index (χ0n) is 19.5. The fourth-order valence-electron chi connectivity index (χ4n) is 4.01. The van der Waals surface area contributed by atoms with Crippen LogP contribution in [-0.4, -0.2) is 50.0 Å². The highest BCUT2D eigenvalue weighted by molar-refractivity contribution is 7.92. The molecule has 1 fully saturated rings. The van der Waals surface area contributed by atoms with Gasteiger partial charge in [-0.1, -0.05) is 48.2 Å². The van der Waals surface area contributed by atoms with Crippen LogP contribution in [0.3, 0.4) is 0 Å². The normalized spacial score (nSPS) is 15.0. The lowest BCUT2D eigenvalue weighted by Gasteiger charge is -2.32. The summed E-state index contributed by atoms with van der Waals surface area (Å²) in [6, 6.07) is 9.42. The van der Waals surface area contributed by atoms with Crippen molar-refractivity contribution >= 4 is 50.7 Å². The van der Waals surface area contributed by atoms with E-state index in [-0.39, 0.29) is 29.2 Å². The average Bonchev–Trinajstić information content (AvgIpc) is 3.30. The number of halogens is 3. The molecule has 7 nitrogen and oxygen atoms in total. The van der Waals surface area contributed by atoms with E-state index in [1.807, 2.05) is 0 Å². The van der Waals surface area contributed by atoms with E-state index in [2.05, 4.69) is 5.32 Å². The van der Waals surface area contributed by atoms with Crippen LogP contribution in [0.2, 0.25) is 10.0 Å². The zero-order chi connectivity index (χ0) is 25.8. The zero-order valence-corrected chi connectivity index (χ0v) is 21.8. The largest absolute Gasteiger partial charge is 0.352 e. The second-order valence-corrected chi connectivity index (χ2v) is 11.4. The third kappa shape index (κ3) is 7.32. The monoisotopic (exact) mass is 543 g/mol. The van der Waals surface area contributed by atoms with Gasteiger partial charge in [0.2, 0.25) is 21.8 Å². The Morgan fingerprint density at radius 1 is 1.11 bits per heavy atom. The van der Waals surface area contributed by atoms with Gasteiger partial charge in [-0.15, -0.1) is 0 Å². The average molecular weight is 544 g/mol. The number of anilines is 1. The van der Waals surface area contributed by atoms with Crippen molar-refractivity contribution in [3.63, 3.8) is 0 Å². The molecule has 3 rings (SSSR count). The molecule has 190 valence electrons. The number of hydrogen-bond donors (Lipinski definition) is 1. The molecule has 0 spiro atoms. The fraction of sp³-hybridized carbons (Fsp3) is 0.417. The summed E-state index contributed by atoms with van der Waals surface area (Å²) in [6.45, 7) is 1.09. The number of amides is 2. The van der Waals surface area contributed by atoms with E-state index in [4.69, 9.17) is 23.2 Å². The molecule has 35 heavy (non-hydrogen) atoms. The van der Waals surface area contributed by atoms with Crippen molar-refractivity contribution in [2.45, 2.75) is 51.2 Å². The molecule has 0 aliphatic heterocycles. The first-order chi connectivity index (χ1) is 16.5. The van der Waals surface area contributed by atoms with Crippen LogP contribution in [0.25, 0.3) is 0 Å². The minimum absolute atomic E-state index is 0.0433. The molecule has 1 N–H and O–H groups in total. The molecule has 1 aliphatic carbocycles.